The lowest BCUT2D eigenvalue weighted by atomic mass is 10.2. The second kappa shape index (κ2) is 6.42. The molecule has 2 atom stereocenters. The average molecular weight is 271 g/mol. The lowest BCUT2D eigenvalue weighted by Gasteiger charge is -2.16. The minimum absolute atomic E-state index is 0.0799. The van der Waals surface area contributed by atoms with E-state index in [0.717, 1.165) is 5.56 Å². The van der Waals surface area contributed by atoms with Crippen molar-refractivity contribution in [3.63, 3.8) is 0 Å². The van der Waals surface area contributed by atoms with Crippen molar-refractivity contribution >= 4 is 16.2 Å². The fraction of sp³-hybridized carbons (Fsp3) is 0.364. The van der Waals surface area contributed by atoms with Gasteiger partial charge in [-0.25, -0.2) is 4.79 Å². The van der Waals surface area contributed by atoms with Gasteiger partial charge < -0.3 is 4.74 Å². The van der Waals surface area contributed by atoms with Crippen molar-refractivity contribution in [2.75, 3.05) is 0 Å². The standard InChI is InChI=1S/C11H13NO5S/c1-9(18(14,15)16)11(12-8-13)17-7-10-5-3-2-4-6-10/h2-6,9,11H,7H2,1H3,(H,14,15,16). The number of aliphatic imine (C=N–C) groups is 1. The zero-order chi connectivity index (χ0) is 13.6. The van der Waals surface area contributed by atoms with E-state index in [4.69, 9.17) is 9.29 Å². The van der Waals surface area contributed by atoms with Crippen LogP contribution in [0.4, 0.5) is 0 Å². The van der Waals surface area contributed by atoms with Gasteiger partial charge in [-0.2, -0.15) is 13.4 Å². The molecule has 98 valence electrons. The third-order valence-electron chi connectivity index (χ3n) is 2.31. The molecule has 1 rings (SSSR count). The number of benzene rings is 1. The van der Waals surface area contributed by atoms with Gasteiger partial charge in [-0.1, -0.05) is 30.3 Å². The maximum Gasteiger partial charge on any atom is 0.272 e. The zero-order valence-corrected chi connectivity index (χ0v) is 10.5. The fourth-order valence-corrected chi connectivity index (χ4v) is 1.67. The van der Waals surface area contributed by atoms with Gasteiger partial charge in [0.25, 0.3) is 10.1 Å². The summed E-state index contributed by atoms with van der Waals surface area (Å²) >= 11 is 0. The van der Waals surface area contributed by atoms with E-state index in [1.54, 1.807) is 24.3 Å². The van der Waals surface area contributed by atoms with Gasteiger partial charge in [0.2, 0.25) is 6.08 Å². The van der Waals surface area contributed by atoms with Crippen LogP contribution in [0.5, 0.6) is 0 Å². The molecule has 0 amide bonds. The summed E-state index contributed by atoms with van der Waals surface area (Å²) in [5.74, 6) is 0. The molecule has 2 unspecified atom stereocenters. The number of carbonyl (C=O) groups excluding carboxylic acids is 1. The van der Waals surface area contributed by atoms with Crippen LogP contribution in [-0.4, -0.2) is 30.5 Å². The summed E-state index contributed by atoms with van der Waals surface area (Å²) in [4.78, 5) is 13.4. The maximum absolute atomic E-state index is 10.9. The normalized spacial score (nSPS) is 14.6. The molecule has 0 radical (unpaired) electrons. The number of hydrogen-bond donors (Lipinski definition) is 1. The van der Waals surface area contributed by atoms with E-state index in [9.17, 15) is 13.2 Å². The van der Waals surface area contributed by atoms with E-state index in [2.05, 4.69) is 4.99 Å². The molecule has 0 saturated carbocycles. The molecule has 0 spiro atoms. The smallest absolute Gasteiger partial charge is 0.272 e. The highest BCUT2D eigenvalue weighted by atomic mass is 32.2. The zero-order valence-electron chi connectivity index (χ0n) is 9.68. The lowest BCUT2D eigenvalue weighted by Crippen LogP contribution is -2.31. The van der Waals surface area contributed by atoms with Crippen molar-refractivity contribution in [2.24, 2.45) is 4.99 Å². The largest absolute Gasteiger partial charge is 0.350 e. The molecule has 0 aliphatic rings. The molecular formula is C11H13NO5S. The van der Waals surface area contributed by atoms with Crippen molar-refractivity contribution in [3.05, 3.63) is 35.9 Å². The van der Waals surface area contributed by atoms with Crippen molar-refractivity contribution in [1.82, 2.24) is 0 Å². The van der Waals surface area contributed by atoms with Gasteiger partial charge in [0.05, 0.1) is 6.61 Å². The van der Waals surface area contributed by atoms with Crippen LogP contribution in [0.15, 0.2) is 35.3 Å². The van der Waals surface area contributed by atoms with Crippen molar-refractivity contribution < 1.29 is 22.5 Å². The van der Waals surface area contributed by atoms with Crippen LogP contribution in [-0.2, 0) is 26.3 Å². The van der Waals surface area contributed by atoms with E-state index in [1.165, 1.54) is 13.0 Å². The average Bonchev–Trinajstić information content (AvgIpc) is 2.34. The first-order valence-electron chi connectivity index (χ1n) is 5.14. The number of rotatable bonds is 6. The van der Waals surface area contributed by atoms with Crippen molar-refractivity contribution in [3.8, 4) is 0 Å². The first-order valence-corrected chi connectivity index (χ1v) is 6.64. The Kier molecular flexibility index (Phi) is 5.18. The first-order chi connectivity index (χ1) is 8.45. The summed E-state index contributed by atoms with van der Waals surface area (Å²) in [5.41, 5.74) is 0.797. The van der Waals surface area contributed by atoms with Gasteiger partial charge >= 0.3 is 0 Å². The highest BCUT2D eigenvalue weighted by molar-refractivity contribution is 7.86. The summed E-state index contributed by atoms with van der Waals surface area (Å²) < 4.78 is 36.0. The fourth-order valence-electron chi connectivity index (χ4n) is 1.23. The van der Waals surface area contributed by atoms with Crippen LogP contribution in [0.2, 0.25) is 0 Å². The highest BCUT2D eigenvalue weighted by Gasteiger charge is 2.28. The first kappa shape index (κ1) is 14.5. The Labute approximate surface area is 105 Å². The summed E-state index contributed by atoms with van der Waals surface area (Å²) in [7, 11) is -4.33. The summed E-state index contributed by atoms with van der Waals surface area (Å²) in [5, 5.41) is -1.33. The molecular weight excluding hydrogens is 258 g/mol. The molecule has 0 aromatic heterocycles. The quantitative estimate of drug-likeness (QED) is 0.476. The van der Waals surface area contributed by atoms with Gasteiger partial charge in [-0.3, -0.25) is 4.55 Å². The monoisotopic (exact) mass is 271 g/mol. The molecule has 1 aromatic rings. The van der Waals surface area contributed by atoms with Crippen LogP contribution in [0.1, 0.15) is 12.5 Å². The van der Waals surface area contributed by atoms with E-state index < -0.39 is 21.6 Å². The molecule has 1 aromatic carbocycles. The van der Waals surface area contributed by atoms with Crippen molar-refractivity contribution in [1.29, 1.82) is 0 Å². The minimum atomic E-state index is -4.33. The van der Waals surface area contributed by atoms with E-state index in [0.29, 0.717) is 0 Å². The molecule has 6 nitrogen and oxygen atoms in total. The van der Waals surface area contributed by atoms with Crippen LogP contribution in [0, 0.1) is 0 Å². The van der Waals surface area contributed by atoms with Gasteiger partial charge in [-0.05, 0) is 12.5 Å². The predicted octanol–water partition coefficient (Wildman–Crippen LogP) is 1.14. The number of ether oxygens (including phenoxy) is 1. The van der Waals surface area contributed by atoms with E-state index in [-0.39, 0.29) is 6.61 Å². The van der Waals surface area contributed by atoms with Gasteiger partial charge in [-0.15, -0.1) is 0 Å². The van der Waals surface area contributed by atoms with E-state index in [1.807, 2.05) is 6.07 Å². The number of nitrogens with zero attached hydrogens (tertiary/aromatic N) is 1. The summed E-state index contributed by atoms with van der Waals surface area (Å²) in [6, 6.07) is 8.97. The molecule has 0 fully saturated rings. The van der Waals surface area contributed by atoms with Gasteiger partial charge in [0.1, 0.15) is 5.25 Å². The van der Waals surface area contributed by atoms with E-state index >= 15 is 0 Å². The Bertz CT molecular complexity index is 522. The molecule has 0 aliphatic carbocycles. The molecule has 1 N–H and O–H groups in total. The number of isocyanates is 1. The maximum atomic E-state index is 10.9. The Morgan fingerprint density at radius 1 is 1.39 bits per heavy atom. The van der Waals surface area contributed by atoms with Crippen LogP contribution < -0.4 is 0 Å². The number of hydrogen-bond acceptors (Lipinski definition) is 5. The van der Waals surface area contributed by atoms with Crippen LogP contribution in [0.25, 0.3) is 0 Å². The minimum Gasteiger partial charge on any atom is -0.350 e. The SMILES string of the molecule is CC(C(N=C=O)OCc1ccccc1)S(=O)(=O)O. The molecule has 0 saturated heterocycles. The third-order valence-corrected chi connectivity index (χ3v) is 3.49. The van der Waals surface area contributed by atoms with Crippen LogP contribution >= 0.6 is 0 Å². The third kappa shape index (κ3) is 4.38. The Hall–Kier alpha value is -1.53. The van der Waals surface area contributed by atoms with Crippen molar-refractivity contribution in [2.45, 2.75) is 25.0 Å². The molecule has 0 heterocycles. The predicted molar refractivity (Wildman–Crippen MR) is 64.2 cm³/mol. The molecule has 18 heavy (non-hydrogen) atoms. The Balaban J connectivity index is 2.73. The Morgan fingerprint density at radius 2 is 2.00 bits per heavy atom. The van der Waals surface area contributed by atoms with Gasteiger partial charge in [0, 0.05) is 0 Å². The highest BCUT2D eigenvalue weighted by Crippen LogP contribution is 2.12. The van der Waals surface area contributed by atoms with Gasteiger partial charge in [0.15, 0.2) is 6.23 Å². The summed E-state index contributed by atoms with van der Waals surface area (Å²) in [6.07, 6.45) is -0.0484. The lowest BCUT2D eigenvalue weighted by molar-refractivity contribution is 0.0451. The second-order valence-electron chi connectivity index (χ2n) is 3.63. The van der Waals surface area contributed by atoms with Crippen LogP contribution in [0.3, 0.4) is 0 Å². The second-order valence-corrected chi connectivity index (χ2v) is 5.40. The Morgan fingerprint density at radius 3 is 2.50 bits per heavy atom. The molecule has 7 heteroatoms. The molecule has 0 bridgehead atoms. The molecule has 0 aliphatic heterocycles. The topological polar surface area (TPSA) is 93.0 Å². The summed E-state index contributed by atoms with van der Waals surface area (Å²) in [6.45, 7) is 1.28.